The van der Waals surface area contributed by atoms with E-state index < -0.39 is 10.0 Å². The lowest BCUT2D eigenvalue weighted by Gasteiger charge is -2.26. The Balaban J connectivity index is 1.17. The molecule has 5 aromatic rings. The number of sulfonamides is 1. The molecule has 3 aromatic carbocycles. The molecule has 2 aromatic heterocycles. The number of hydrogen-bond donors (Lipinski definition) is 1. The molecule has 0 bridgehead atoms. The second-order valence-corrected chi connectivity index (χ2v) is 15.1. The predicted octanol–water partition coefficient (Wildman–Crippen LogP) is 6.08. The number of para-hydroxylation sites is 2. The van der Waals surface area contributed by atoms with E-state index in [0.717, 1.165) is 45.3 Å². The number of thiazole rings is 1. The number of hydrogen-bond acceptors (Lipinski definition) is 10. The highest BCUT2D eigenvalue weighted by Crippen LogP contribution is 2.33. The summed E-state index contributed by atoms with van der Waals surface area (Å²) in [6.45, 7) is 0.992. The highest BCUT2D eigenvalue weighted by molar-refractivity contribution is 8.00. The van der Waals surface area contributed by atoms with Crippen molar-refractivity contribution < 1.29 is 17.9 Å². The molecule has 228 valence electrons. The lowest BCUT2D eigenvalue weighted by Crippen LogP contribution is -2.35. The van der Waals surface area contributed by atoms with E-state index in [-0.39, 0.29) is 16.6 Å². The molecule has 1 amide bonds. The molecule has 0 saturated carbocycles. The van der Waals surface area contributed by atoms with Gasteiger partial charge in [-0.2, -0.15) is 4.31 Å². The van der Waals surface area contributed by atoms with Gasteiger partial charge in [0, 0.05) is 18.8 Å². The van der Waals surface area contributed by atoms with Gasteiger partial charge in [-0.05, 0) is 55.3 Å². The molecule has 0 atom stereocenters. The highest BCUT2D eigenvalue weighted by atomic mass is 32.2. The minimum Gasteiger partial charge on any atom is -0.495 e. The number of thioether (sulfide) groups is 2. The summed E-state index contributed by atoms with van der Waals surface area (Å²) >= 11 is 4.48. The van der Waals surface area contributed by atoms with Crippen LogP contribution in [0.4, 0.5) is 5.69 Å². The van der Waals surface area contributed by atoms with Crippen LogP contribution in [0.2, 0.25) is 0 Å². The van der Waals surface area contributed by atoms with Gasteiger partial charge in [-0.25, -0.2) is 13.4 Å². The van der Waals surface area contributed by atoms with Crippen molar-refractivity contribution in [1.82, 2.24) is 24.1 Å². The Morgan fingerprint density at radius 3 is 2.52 bits per heavy atom. The van der Waals surface area contributed by atoms with Gasteiger partial charge in [-0.1, -0.05) is 60.3 Å². The van der Waals surface area contributed by atoms with Crippen molar-refractivity contribution in [2.45, 2.75) is 39.4 Å². The molecule has 1 saturated heterocycles. The van der Waals surface area contributed by atoms with Gasteiger partial charge in [0.2, 0.25) is 15.9 Å². The van der Waals surface area contributed by atoms with Gasteiger partial charge in [-0.3, -0.25) is 9.36 Å². The second kappa shape index (κ2) is 13.7. The van der Waals surface area contributed by atoms with Crippen LogP contribution in [0, 0.1) is 0 Å². The first kappa shape index (κ1) is 30.6. The summed E-state index contributed by atoms with van der Waals surface area (Å²) in [5.41, 5.74) is 2.16. The van der Waals surface area contributed by atoms with Gasteiger partial charge in [0.1, 0.15) is 11.6 Å². The first-order valence-corrected chi connectivity index (χ1v) is 18.2. The zero-order chi connectivity index (χ0) is 30.5. The van der Waals surface area contributed by atoms with Crippen LogP contribution in [0.1, 0.15) is 25.1 Å². The molecular formula is C30H30N6O4S4. The number of fused-ring (bicyclic) bond motifs is 1. The third kappa shape index (κ3) is 6.79. The number of rotatable bonds is 11. The van der Waals surface area contributed by atoms with Crippen LogP contribution < -0.4 is 10.1 Å². The van der Waals surface area contributed by atoms with Gasteiger partial charge in [-0.15, -0.1) is 21.5 Å². The van der Waals surface area contributed by atoms with Crippen molar-refractivity contribution in [2.75, 3.05) is 31.3 Å². The average Bonchev–Trinajstić information content (AvgIpc) is 3.67. The molecular weight excluding hydrogens is 637 g/mol. The number of nitrogens with zero attached hydrogens (tertiary/aromatic N) is 5. The first-order chi connectivity index (χ1) is 21.4. The molecule has 3 heterocycles. The van der Waals surface area contributed by atoms with Crippen LogP contribution >= 0.6 is 34.9 Å². The molecule has 44 heavy (non-hydrogen) atoms. The number of piperidine rings is 1. The van der Waals surface area contributed by atoms with Crippen LogP contribution in [-0.4, -0.2) is 64.3 Å². The molecule has 0 spiro atoms. The van der Waals surface area contributed by atoms with Gasteiger partial charge in [0.25, 0.3) is 0 Å². The topological polar surface area (TPSA) is 119 Å². The second-order valence-electron chi connectivity index (χ2n) is 9.97. The number of ether oxygens (including phenoxy) is 1. The summed E-state index contributed by atoms with van der Waals surface area (Å²) in [5, 5.41) is 12.3. The number of nitrogens with one attached hydrogen (secondary N) is 1. The van der Waals surface area contributed by atoms with Gasteiger partial charge in [0.05, 0.1) is 39.4 Å². The van der Waals surface area contributed by atoms with Crippen LogP contribution in [0.5, 0.6) is 5.75 Å². The maximum Gasteiger partial charge on any atom is 0.243 e. The Morgan fingerprint density at radius 2 is 1.75 bits per heavy atom. The van der Waals surface area contributed by atoms with Crippen molar-refractivity contribution in [3.8, 4) is 11.4 Å². The Hall–Kier alpha value is -3.43. The molecule has 1 aliphatic heterocycles. The smallest absolute Gasteiger partial charge is 0.243 e. The minimum atomic E-state index is -3.67. The van der Waals surface area contributed by atoms with E-state index >= 15 is 0 Å². The Morgan fingerprint density at radius 1 is 0.977 bits per heavy atom. The fourth-order valence-electron chi connectivity index (χ4n) is 4.88. The number of anilines is 1. The molecule has 0 unspecified atom stereocenters. The SMILES string of the molecule is COc1ccc(S(=O)(=O)N2CCCCC2)cc1NC(=O)CSc1nnc(CSc2nc3ccccc3s2)n1-c1ccccc1. The fraction of sp³-hybridized carbons (Fsp3) is 0.267. The van der Waals surface area contributed by atoms with Gasteiger partial charge >= 0.3 is 0 Å². The number of aromatic nitrogens is 4. The average molecular weight is 667 g/mol. The fourth-order valence-corrected chi connectivity index (χ4v) is 9.17. The number of carbonyl (C=O) groups is 1. The summed E-state index contributed by atoms with van der Waals surface area (Å²) in [6.07, 6.45) is 2.70. The lowest BCUT2D eigenvalue weighted by molar-refractivity contribution is -0.113. The van der Waals surface area contributed by atoms with Crippen molar-refractivity contribution >= 4 is 66.7 Å². The number of methoxy groups -OCH3 is 1. The standard InChI is InChI=1S/C30H30N6O4S4/c1-40-25-15-14-22(44(38,39)35-16-8-3-9-17-35)18-24(25)31-28(37)20-41-29-34-33-27(36(29)21-10-4-2-5-11-21)19-42-30-32-23-12-6-7-13-26(23)43-30/h2,4-7,10-15,18H,3,8-9,16-17,19-20H2,1H3,(H,31,37). The quantitative estimate of drug-likeness (QED) is 0.167. The number of benzene rings is 3. The largest absolute Gasteiger partial charge is 0.495 e. The van der Waals surface area contributed by atoms with Crippen LogP contribution in [0.15, 0.2) is 87.2 Å². The maximum atomic E-state index is 13.2. The van der Waals surface area contributed by atoms with Crippen LogP contribution in [0.3, 0.4) is 0 Å². The summed E-state index contributed by atoms with van der Waals surface area (Å²) in [6, 6.07) is 22.4. The zero-order valence-corrected chi connectivity index (χ0v) is 27.1. The van der Waals surface area contributed by atoms with Gasteiger partial charge < -0.3 is 10.1 Å². The van der Waals surface area contributed by atoms with E-state index in [1.54, 1.807) is 29.2 Å². The molecule has 14 heteroatoms. The molecule has 0 aliphatic carbocycles. The van der Waals surface area contributed by atoms with Crippen molar-refractivity contribution in [2.24, 2.45) is 0 Å². The van der Waals surface area contributed by atoms with Crippen molar-refractivity contribution in [1.29, 1.82) is 0 Å². The molecule has 1 aliphatic rings. The third-order valence-corrected chi connectivity index (χ3v) is 12.0. The third-order valence-electron chi connectivity index (χ3n) is 7.04. The molecule has 1 fully saturated rings. The summed E-state index contributed by atoms with van der Waals surface area (Å²) in [7, 11) is -2.19. The van der Waals surface area contributed by atoms with Crippen molar-refractivity contribution in [3.63, 3.8) is 0 Å². The Bertz CT molecular complexity index is 1840. The predicted molar refractivity (Wildman–Crippen MR) is 175 cm³/mol. The van der Waals surface area contributed by atoms with E-state index in [4.69, 9.17) is 9.72 Å². The number of amides is 1. The van der Waals surface area contributed by atoms with E-state index in [0.29, 0.717) is 35.4 Å². The monoisotopic (exact) mass is 666 g/mol. The summed E-state index contributed by atoms with van der Waals surface area (Å²) in [5.74, 6) is 1.36. The first-order valence-electron chi connectivity index (χ1n) is 14.0. The molecule has 1 N–H and O–H groups in total. The zero-order valence-electron chi connectivity index (χ0n) is 23.9. The normalized spacial score (nSPS) is 14.1. The molecule has 0 radical (unpaired) electrons. The van der Waals surface area contributed by atoms with Gasteiger partial charge in [0.15, 0.2) is 9.50 Å². The van der Waals surface area contributed by atoms with E-state index in [2.05, 4.69) is 21.6 Å². The van der Waals surface area contributed by atoms with E-state index in [1.807, 2.05) is 53.1 Å². The lowest BCUT2D eigenvalue weighted by atomic mass is 10.2. The van der Waals surface area contributed by atoms with E-state index in [1.165, 1.54) is 35.3 Å². The highest BCUT2D eigenvalue weighted by Gasteiger charge is 2.27. The summed E-state index contributed by atoms with van der Waals surface area (Å²) < 4.78 is 37.4. The molecule has 10 nitrogen and oxygen atoms in total. The maximum absolute atomic E-state index is 13.2. The van der Waals surface area contributed by atoms with Crippen LogP contribution in [-0.2, 0) is 20.6 Å². The Labute approximate surface area is 268 Å². The minimum absolute atomic E-state index is 0.0300. The Kier molecular flexibility index (Phi) is 9.52. The number of carbonyl (C=O) groups excluding carboxylic acids is 1. The molecule has 6 rings (SSSR count). The van der Waals surface area contributed by atoms with Crippen molar-refractivity contribution in [3.05, 3.63) is 78.6 Å². The van der Waals surface area contributed by atoms with Crippen LogP contribution in [0.25, 0.3) is 15.9 Å². The summed E-state index contributed by atoms with van der Waals surface area (Å²) in [4.78, 5) is 18.0. The van der Waals surface area contributed by atoms with E-state index in [9.17, 15) is 13.2 Å².